The van der Waals surface area contributed by atoms with Crippen molar-refractivity contribution in [1.82, 2.24) is 30.2 Å². The zero-order valence-electron chi connectivity index (χ0n) is 17.2. The molecule has 4 rings (SSSR count). The summed E-state index contributed by atoms with van der Waals surface area (Å²) in [4.78, 5) is 4.63. The van der Waals surface area contributed by atoms with Crippen LogP contribution in [0.2, 0.25) is 0 Å². The van der Waals surface area contributed by atoms with Crippen molar-refractivity contribution < 1.29 is 4.74 Å². The van der Waals surface area contributed by atoms with Gasteiger partial charge in [0.15, 0.2) is 5.82 Å². The predicted molar refractivity (Wildman–Crippen MR) is 115 cm³/mol. The van der Waals surface area contributed by atoms with Crippen molar-refractivity contribution in [2.45, 2.75) is 33.4 Å². The molecule has 0 spiro atoms. The molecule has 0 atom stereocenters. The number of benzene rings is 2. The van der Waals surface area contributed by atoms with E-state index in [1.165, 1.54) is 0 Å². The zero-order valence-corrected chi connectivity index (χ0v) is 17.2. The Morgan fingerprint density at radius 3 is 2.43 bits per heavy atom. The Morgan fingerprint density at radius 1 is 1.03 bits per heavy atom. The minimum absolute atomic E-state index is 0.430. The van der Waals surface area contributed by atoms with Crippen molar-refractivity contribution in [1.29, 1.82) is 0 Å². The standard InChI is InChI=1S/C22H25N7O/c1-3-19-20(13-23)29(22(24-19)30-4-2)14-15-9-11-16(12-10-15)17-7-5-6-8-18(17)21-25-27-28-26-21/h5-12H,3-4,13-14,23H2,1-2H3,(H,25,26,27,28). The summed E-state index contributed by atoms with van der Waals surface area (Å²) >= 11 is 0. The highest BCUT2D eigenvalue weighted by molar-refractivity contribution is 5.80. The summed E-state index contributed by atoms with van der Waals surface area (Å²) in [6, 6.07) is 17.1. The lowest BCUT2D eigenvalue weighted by Gasteiger charge is -2.12. The number of aryl methyl sites for hydroxylation is 1. The number of imidazole rings is 1. The molecule has 2 heterocycles. The van der Waals surface area contributed by atoms with Crippen LogP contribution >= 0.6 is 0 Å². The fourth-order valence-corrected chi connectivity index (χ4v) is 3.61. The van der Waals surface area contributed by atoms with E-state index in [1.54, 1.807) is 0 Å². The normalized spacial score (nSPS) is 11.0. The first-order chi connectivity index (χ1) is 14.7. The zero-order chi connectivity index (χ0) is 20.9. The van der Waals surface area contributed by atoms with Gasteiger partial charge in [-0.05, 0) is 40.5 Å². The molecular weight excluding hydrogens is 378 g/mol. The fraction of sp³-hybridized carbons (Fsp3) is 0.273. The number of aromatic amines is 1. The van der Waals surface area contributed by atoms with Crippen LogP contribution in [0.5, 0.6) is 6.01 Å². The van der Waals surface area contributed by atoms with E-state index in [9.17, 15) is 0 Å². The van der Waals surface area contributed by atoms with Gasteiger partial charge >= 0.3 is 0 Å². The van der Waals surface area contributed by atoms with Crippen molar-refractivity contribution in [3.8, 4) is 28.5 Å². The van der Waals surface area contributed by atoms with Gasteiger partial charge in [0.25, 0.3) is 6.01 Å². The Labute approximate surface area is 175 Å². The van der Waals surface area contributed by atoms with E-state index in [1.807, 2.05) is 25.1 Å². The van der Waals surface area contributed by atoms with Crippen LogP contribution in [0.15, 0.2) is 48.5 Å². The third-order valence-corrected chi connectivity index (χ3v) is 5.06. The number of H-pyrrole nitrogens is 1. The number of rotatable bonds is 8. The Kier molecular flexibility index (Phi) is 5.85. The third kappa shape index (κ3) is 3.81. The first kappa shape index (κ1) is 19.8. The number of hydrogen-bond donors (Lipinski definition) is 2. The molecule has 30 heavy (non-hydrogen) atoms. The largest absolute Gasteiger partial charge is 0.465 e. The van der Waals surface area contributed by atoms with Gasteiger partial charge in [-0.3, -0.25) is 4.57 Å². The SMILES string of the molecule is CCOc1nc(CC)c(CN)n1Cc1ccc(-c2ccccc2-c2nnn[nH]2)cc1. The van der Waals surface area contributed by atoms with Gasteiger partial charge in [-0.2, -0.15) is 4.98 Å². The molecular formula is C22H25N7O. The van der Waals surface area contributed by atoms with E-state index in [2.05, 4.69) is 67.4 Å². The van der Waals surface area contributed by atoms with E-state index in [4.69, 9.17) is 10.5 Å². The van der Waals surface area contributed by atoms with Crippen LogP contribution in [0.3, 0.4) is 0 Å². The molecule has 154 valence electrons. The smallest absolute Gasteiger partial charge is 0.297 e. The fourth-order valence-electron chi connectivity index (χ4n) is 3.61. The van der Waals surface area contributed by atoms with Gasteiger partial charge in [0, 0.05) is 12.1 Å². The van der Waals surface area contributed by atoms with Gasteiger partial charge in [0.1, 0.15) is 0 Å². The van der Waals surface area contributed by atoms with Crippen LogP contribution in [0.1, 0.15) is 30.8 Å². The monoisotopic (exact) mass is 403 g/mol. The number of nitrogens with zero attached hydrogens (tertiary/aromatic N) is 5. The van der Waals surface area contributed by atoms with Crippen LogP contribution in [-0.2, 0) is 19.5 Å². The molecule has 0 bridgehead atoms. The molecule has 0 amide bonds. The molecule has 0 unspecified atom stereocenters. The van der Waals surface area contributed by atoms with Gasteiger partial charge in [0.2, 0.25) is 0 Å². The lowest BCUT2D eigenvalue weighted by atomic mass is 9.98. The Hall–Kier alpha value is -3.52. The quantitative estimate of drug-likeness (QED) is 0.468. The lowest BCUT2D eigenvalue weighted by Crippen LogP contribution is -2.12. The molecule has 0 saturated heterocycles. The number of ether oxygens (including phenoxy) is 1. The van der Waals surface area contributed by atoms with Crippen molar-refractivity contribution in [3.05, 3.63) is 65.5 Å². The van der Waals surface area contributed by atoms with E-state index in [-0.39, 0.29) is 0 Å². The molecule has 8 heteroatoms. The molecule has 4 aromatic rings. The minimum atomic E-state index is 0.430. The Balaban J connectivity index is 1.64. The summed E-state index contributed by atoms with van der Waals surface area (Å²) in [6.07, 6.45) is 0.825. The minimum Gasteiger partial charge on any atom is -0.465 e. The van der Waals surface area contributed by atoms with Crippen LogP contribution < -0.4 is 10.5 Å². The van der Waals surface area contributed by atoms with Gasteiger partial charge < -0.3 is 10.5 Å². The summed E-state index contributed by atoms with van der Waals surface area (Å²) in [5.74, 6) is 0.647. The average molecular weight is 403 g/mol. The molecule has 2 aromatic carbocycles. The second-order valence-electron chi connectivity index (χ2n) is 6.86. The van der Waals surface area contributed by atoms with E-state index in [0.717, 1.165) is 40.1 Å². The average Bonchev–Trinajstić information content (AvgIpc) is 3.43. The molecule has 0 radical (unpaired) electrons. The van der Waals surface area contributed by atoms with Crippen LogP contribution in [0.4, 0.5) is 0 Å². The summed E-state index contributed by atoms with van der Waals surface area (Å²) in [6.45, 7) is 5.69. The molecule has 8 nitrogen and oxygen atoms in total. The van der Waals surface area contributed by atoms with Crippen LogP contribution in [0.25, 0.3) is 22.5 Å². The maximum atomic E-state index is 6.02. The molecule has 0 aliphatic rings. The van der Waals surface area contributed by atoms with Gasteiger partial charge in [-0.15, -0.1) is 5.10 Å². The summed E-state index contributed by atoms with van der Waals surface area (Å²) < 4.78 is 7.83. The third-order valence-electron chi connectivity index (χ3n) is 5.06. The lowest BCUT2D eigenvalue weighted by molar-refractivity contribution is 0.297. The summed E-state index contributed by atoms with van der Waals surface area (Å²) in [7, 11) is 0. The van der Waals surface area contributed by atoms with Crippen molar-refractivity contribution >= 4 is 0 Å². The Bertz CT molecular complexity index is 1100. The summed E-state index contributed by atoms with van der Waals surface area (Å²) in [5.41, 5.74) is 12.3. The highest BCUT2D eigenvalue weighted by Gasteiger charge is 2.16. The highest BCUT2D eigenvalue weighted by Crippen LogP contribution is 2.30. The first-order valence-corrected chi connectivity index (χ1v) is 10.1. The van der Waals surface area contributed by atoms with Crippen LogP contribution in [-0.4, -0.2) is 36.8 Å². The number of tetrazole rings is 1. The van der Waals surface area contributed by atoms with Crippen molar-refractivity contribution in [2.75, 3.05) is 6.61 Å². The topological polar surface area (TPSA) is 108 Å². The maximum Gasteiger partial charge on any atom is 0.297 e. The number of aromatic nitrogens is 6. The van der Waals surface area contributed by atoms with E-state index in [0.29, 0.717) is 31.5 Å². The first-order valence-electron chi connectivity index (χ1n) is 10.1. The number of hydrogen-bond acceptors (Lipinski definition) is 6. The van der Waals surface area contributed by atoms with Crippen LogP contribution in [0, 0.1) is 0 Å². The van der Waals surface area contributed by atoms with Crippen molar-refractivity contribution in [2.24, 2.45) is 5.73 Å². The van der Waals surface area contributed by atoms with Gasteiger partial charge in [-0.25, -0.2) is 5.10 Å². The Morgan fingerprint density at radius 2 is 1.80 bits per heavy atom. The number of nitrogens with two attached hydrogens (primary N) is 1. The molecule has 0 saturated carbocycles. The molecule has 2 aromatic heterocycles. The molecule has 3 N–H and O–H groups in total. The van der Waals surface area contributed by atoms with Gasteiger partial charge in [0.05, 0.1) is 24.5 Å². The molecule has 0 fully saturated rings. The second kappa shape index (κ2) is 8.87. The van der Waals surface area contributed by atoms with Crippen molar-refractivity contribution in [3.63, 3.8) is 0 Å². The predicted octanol–water partition coefficient (Wildman–Crippen LogP) is 3.20. The molecule has 0 aliphatic carbocycles. The highest BCUT2D eigenvalue weighted by atomic mass is 16.5. The van der Waals surface area contributed by atoms with E-state index >= 15 is 0 Å². The van der Waals surface area contributed by atoms with Gasteiger partial charge in [-0.1, -0.05) is 55.5 Å². The summed E-state index contributed by atoms with van der Waals surface area (Å²) in [5, 5.41) is 14.3. The molecule has 0 aliphatic heterocycles. The number of nitrogens with one attached hydrogen (secondary N) is 1. The maximum absolute atomic E-state index is 6.02. The second-order valence-corrected chi connectivity index (χ2v) is 6.86. The van der Waals surface area contributed by atoms with E-state index < -0.39 is 0 Å².